The molecule has 18 heavy (non-hydrogen) atoms. The standard InChI is InChI=1S/C13H15Br2NOS/c14-12-5-10(13(15)18-12)11(17)7-16(9-3-4-9)6-8-1-2-8/h5,8-9H,1-4,6-7H2. The van der Waals surface area contributed by atoms with Crippen molar-refractivity contribution in [2.45, 2.75) is 31.7 Å². The summed E-state index contributed by atoms with van der Waals surface area (Å²) in [4.78, 5) is 14.7. The van der Waals surface area contributed by atoms with Crippen molar-refractivity contribution in [2.24, 2.45) is 5.92 Å². The third kappa shape index (κ3) is 3.24. The van der Waals surface area contributed by atoms with E-state index in [9.17, 15) is 4.79 Å². The van der Waals surface area contributed by atoms with Gasteiger partial charge < -0.3 is 0 Å². The molecule has 1 heterocycles. The van der Waals surface area contributed by atoms with Crippen LogP contribution in [0.3, 0.4) is 0 Å². The topological polar surface area (TPSA) is 20.3 Å². The van der Waals surface area contributed by atoms with Gasteiger partial charge in [-0.2, -0.15) is 0 Å². The zero-order valence-corrected chi connectivity index (χ0v) is 14.0. The number of carbonyl (C=O) groups excluding carboxylic acids is 1. The maximum absolute atomic E-state index is 12.3. The zero-order valence-electron chi connectivity index (χ0n) is 9.99. The van der Waals surface area contributed by atoms with E-state index in [1.807, 2.05) is 6.07 Å². The Morgan fingerprint density at radius 2 is 2.06 bits per heavy atom. The molecule has 0 N–H and O–H groups in total. The summed E-state index contributed by atoms with van der Waals surface area (Å²) in [5.74, 6) is 1.10. The second kappa shape index (κ2) is 5.35. The van der Waals surface area contributed by atoms with Gasteiger partial charge in [0.25, 0.3) is 0 Å². The number of ketones is 1. The summed E-state index contributed by atoms with van der Waals surface area (Å²) >= 11 is 8.47. The minimum Gasteiger partial charge on any atom is -0.293 e. The van der Waals surface area contributed by atoms with Crippen LogP contribution in [0.2, 0.25) is 0 Å². The Bertz CT molecular complexity index is 466. The van der Waals surface area contributed by atoms with Crippen LogP contribution in [0.4, 0.5) is 0 Å². The van der Waals surface area contributed by atoms with Crippen LogP contribution in [-0.4, -0.2) is 29.8 Å². The molecule has 0 atom stereocenters. The molecule has 0 amide bonds. The molecule has 0 radical (unpaired) electrons. The number of nitrogens with zero attached hydrogens (tertiary/aromatic N) is 1. The molecule has 0 saturated heterocycles. The molecule has 2 aliphatic carbocycles. The van der Waals surface area contributed by atoms with Crippen LogP contribution in [-0.2, 0) is 0 Å². The molecule has 2 aliphatic rings. The fraction of sp³-hybridized carbons (Fsp3) is 0.615. The summed E-state index contributed by atoms with van der Waals surface area (Å²) < 4.78 is 1.96. The van der Waals surface area contributed by atoms with Gasteiger partial charge in [0.1, 0.15) is 0 Å². The first-order chi connectivity index (χ1) is 8.63. The van der Waals surface area contributed by atoms with Gasteiger partial charge in [-0.15, -0.1) is 11.3 Å². The van der Waals surface area contributed by atoms with Crippen LogP contribution >= 0.6 is 43.2 Å². The molecule has 5 heteroatoms. The normalized spacial score (nSPS) is 19.5. The molecule has 0 unspecified atom stereocenters. The predicted octanol–water partition coefficient (Wildman–Crippen LogP) is 4.33. The Balaban J connectivity index is 1.65. The maximum atomic E-state index is 12.3. The monoisotopic (exact) mass is 391 g/mol. The highest BCUT2D eigenvalue weighted by molar-refractivity contribution is 9.12. The van der Waals surface area contributed by atoms with E-state index in [1.165, 1.54) is 25.7 Å². The maximum Gasteiger partial charge on any atom is 0.178 e. The number of hydrogen-bond acceptors (Lipinski definition) is 3. The van der Waals surface area contributed by atoms with Crippen molar-refractivity contribution in [3.63, 3.8) is 0 Å². The Kier molecular flexibility index (Phi) is 3.95. The van der Waals surface area contributed by atoms with Gasteiger partial charge >= 0.3 is 0 Å². The van der Waals surface area contributed by atoms with Crippen molar-refractivity contribution in [2.75, 3.05) is 13.1 Å². The molecular weight excluding hydrogens is 378 g/mol. The average Bonchev–Trinajstić information content (AvgIpc) is 3.18. The van der Waals surface area contributed by atoms with Gasteiger partial charge in [-0.3, -0.25) is 9.69 Å². The summed E-state index contributed by atoms with van der Waals surface area (Å²) in [6, 6.07) is 2.61. The van der Waals surface area contributed by atoms with E-state index < -0.39 is 0 Å². The Morgan fingerprint density at radius 1 is 1.33 bits per heavy atom. The van der Waals surface area contributed by atoms with Crippen LogP contribution in [0.1, 0.15) is 36.0 Å². The minimum atomic E-state index is 0.247. The van der Waals surface area contributed by atoms with E-state index in [0.29, 0.717) is 12.6 Å². The third-order valence-corrected chi connectivity index (χ3v) is 5.90. The summed E-state index contributed by atoms with van der Waals surface area (Å²) in [5, 5.41) is 0. The lowest BCUT2D eigenvalue weighted by molar-refractivity contribution is 0.0921. The van der Waals surface area contributed by atoms with Crippen LogP contribution in [0.15, 0.2) is 13.6 Å². The molecule has 0 aromatic carbocycles. The van der Waals surface area contributed by atoms with Gasteiger partial charge in [0, 0.05) is 18.2 Å². The number of thiophene rings is 1. The molecule has 3 rings (SSSR count). The van der Waals surface area contributed by atoms with E-state index in [-0.39, 0.29) is 5.78 Å². The quantitative estimate of drug-likeness (QED) is 0.671. The number of carbonyl (C=O) groups is 1. The molecule has 0 spiro atoms. The summed E-state index contributed by atoms with van der Waals surface area (Å²) in [7, 11) is 0. The Hall–Kier alpha value is 0.290. The highest BCUT2D eigenvalue weighted by Crippen LogP contribution is 2.36. The molecule has 0 aliphatic heterocycles. The van der Waals surface area contributed by atoms with Crippen molar-refractivity contribution in [3.8, 4) is 0 Å². The molecule has 2 fully saturated rings. The summed E-state index contributed by atoms with van der Waals surface area (Å²) in [5.41, 5.74) is 0.827. The fourth-order valence-electron chi connectivity index (χ4n) is 2.21. The van der Waals surface area contributed by atoms with E-state index in [4.69, 9.17) is 0 Å². The van der Waals surface area contributed by atoms with Gasteiger partial charge in [0.2, 0.25) is 0 Å². The van der Waals surface area contributed by atoms with Gasteiger partial charge in [-0.05, 0) is 69.5 Å². The SMILES string of the molecule is O=C(CN(CC1CC1)C1CC1)c1cc(Br)sc1Br. The molecule has 2 saturated carbocycles. The van der Waals surface area contributed by atoms with Gasteiger partial charge in [-0.25, -0.2) is 0 Å². The highest BCUT2D eigenvalue weighted by Gasteiger charge is 2.34. The third-order valence-electron chi connectivity index (χ3n) is 3.56. The van der Waals surface area contributed by atoms with Gasteiger partial charge in [0.15, 0.2) is 5.78 Å². The molecule has 1 aromatic heterocycles. The molecule has 2 nitrogen and oxygen atoms in total. The second-order valence-electron chi connectivity index (χ2n) is 5.27. The zero-order chi connectivity index (χ0) is 12.7. The van der Waals surface area contributed by atoms with Crippen LogP contribution in [0.5, 0.6) is 0 Å². The molecular formula is C13H15Br2NOS. The second-order valence-corrected chi connectivity index (χ2v) is 9.01. The number of rotatable bonds is 6. The van der Waals surface area contributed by atoms with Crippen molar-refractivity contribution < 1.29 is 4.79 Å². The first-order valence-electron chi connectivity index (χ1n) is 6.35. The van der Waals surface area contributed by atoms with Crippen molar-refractivity contribution in [3.05, 3.63) is 19.2 Å². The largest absolute Gasteiger partial charge is 0.293 e. The van der Waals surface area contributed by atoms with Gasteiger partial charge in [-0.1, -0.05) is 0 Å². The fourth-order valence-corrected chi connectivity index (χ4v) is 5.07. The lowest BCUT2D eigenvalue weighted by Crippen LogP contribution is -2.33. The number of halogens is 2. The molecule has 1 aromatic rings. The van der Waals surface area contributed by atoms with Crippen molar-refractivity contribution in [1.82, 2.24) is 4.90 Å². The van der Waals surface area contributed by atoms with E-state index in [1.54, 1.807) is 11.3 Å². The van der Waals surface area contributed by atoms with Crippen LogP contribution < -0.4 is 0 Å². The lowest BCUT2D eigenvalue weighted by Gasteiger charge is -2.20. The highest BCUT2D eigenvalue weighted by atomic mass is 79.9. The first kappa shape index (κ1) is 13.3. The number of hydrogen-bond donors (Lipinski definition) is 0. The van der Waals surface area contributed by atoms with Crippen LogP contribution in [0, 0.1) is 5.92 Å². The molecule has 0 bridgehead atoms. The lowest BCUT2D eigenvalue weighted by atomic mass is 10.2. The van der Waals surface area contributed by atoms with E-state index in [2.05, 4.69) is 36.8 Å². The Labute approximate surface area is 128 Å². The summed E-state index contributed by atoms with van der Waals surface area (Å²) in [6.45, 7) is 1.71. The smallest absolute Gasteiger partial charge is 0.178 e. The summed E-state index contributed by atoms with van der Waals surface area (Å²) in [6.07, 6.45) is 5.25. The Morgan fingerprint density at radius 3 is 2.56 bits per heavy atom. The predicted molar refractivity (Wildman–Crippen MR) is 81.4 cm³/mol. The minimum absolute atomic E-state index is 0.247. The van der Waals surface area contributed by atoms with E-state index >= 15 is 0 Å². The van der Waals surface area contributed by atoms with E-state index in [0.717, 1.165) is 25.6 Å². The van der Waals surface area contributed by atoms with Gasteiger partial charge in [0.05, 0.1) is 14.1 Å². The average molecular weight is 393 g/mol. The molecule has 98 valence electrons. The van der Waals surface area contributed by atoms with Crippen LogP contribution in [0.25, 0.3) is 0 Å². The van der Waals surface area contributed by atoms with Crippen molar-refractivity contribution in [1.29, 1.82) is 0 Å². The first-order valence-corrected chi connectivity index (χ1v) is 8.76. The van der Waals surface area contributed by atoms with Crippen molar-refractivity contribution >= 4 is 49.0 Å². The number of Topliss-reactive ketones (excluding diaryl/α,β-unsaturated/α-hetero) is 1.